The third kappa shape index (κ3) is 3.15. The lowest BCUT2D eigenvalue weighted by molar-refractivity contribution is 0.462. The Kier molecular flexibility index (Phi) is 3.92. The van der Waals surface area contributed by atoms with E-state index in [2.05, 4.69) is 4.98 Å². The predicted molar refractivity (Wildman–Crippen MR) is 69.3 cm³/mol. The van der Waals surface area contributed by atoms with Crippen LogP contribution in [0, 0.1) is 5.82 Å². The largest absolute Gasteiger partial charge is 0.260 e. The summed E-state index contributed by atoms with van der Waals surface area (Å²) >= 11 is 0. The molecule has 0 N–H and O–H groups in total. The van der Waals surface area contributed by atoms with E-state index < -0.39 is 15.8 Å². The van der Waals surface area contributed by atoms with E-state index in [1.165, 1.54) is 23.5 Å². The SMILES string of the molecule is CN(Cc1ccccn1)S(=O)(=O)c1ccc(F)cc1. The van der Waals surface area contributed by atoms with Gasteiger partial charge in [-0.1, -0.05) is 6.07 Å². The van der Waals surface area contributed by atoms with E-state index in [4.69, 9.17) is 0 Å². The van der Waals surface area contributed by atoms with Gasteiger partial charge in [0.05, 0.1) is 17.1 Å². The van der Waals surface area contributed by atoms with Gasteiger partial charge in [-0.2, -0.15) is 4.31 Å². The minimum atomic E-state index is -3.63. The molecule has 6 heteroatoms. The van der Waals surface area contributed by atoms with E-state index in [0.717, 1.165) is 12.1 Å². The molecule has 4 nitrogen and oxygen atoms in total. The zero-order valence-electron chi connectivity index (χ0n) is 10.3. The fourth-order valence-electron chi connectivity index (χ4n) is 1.59. The van der Waals surface area contributed by atoms with Gasteiger partial charge in [0.25, 0.3) is 0 Å². The molecule has 100 valence electrons. The summed E-state index contributed by atoms with van der Waals surface area (Å²) in [5.74, 6) is -0.466. The number of rotatable bonds is 4. The molecule has 0 aliphatic rings. The highest BCUT2D eigenvalue weighted by molar-refractivity contribution is 7.89. The number of benzene rings is 1. The Labute approximate surface area is 111 Å². The second kappa shape index (κ2) is 5.46. The van der Waals surface area contributed by atoms with E-state index in [1.807, 2.05) is 0 Å². The van der Waals surface area contributed by atoms with E-state index in [0.29, 0.717) is 5.69 Å². The molecular formula is C13H13FN2O2S. The number of hydrogen-bond acceptors (Lipinski definition) is 3. The van der Waals surface area contributed by atoms with Crippen molar-refractivity contribution in [3.8, 4) is 0 Å². The lowest BCUT2D eigenvalue weighted by Crippen LogP contribution is -2.26. The van der Waals surface area contributed by atoms with Crippen LogP contribution >= 0.6 is 0 Å². The molecule has 0 spiro atoms. The minimum absolute atomic E-state index is 0.0623. The molecule has 0 aliphatic heterocycles. The summed E-state index contributed by atoms with van der Waals surface area (Å²) in [7, 11) is -2.16. The van der Waals surface area contributed by atoms with Crippen LogP contribution in [0.2, 0.25) is 0 Å². The third-order valence-corrected chi connectivity index (χ3v) is 4.45. The van der Waals surface area contributed by atoms with Gasteiger partial charge in [-0.15, -0.1) is 0 Å². The number of halogens is 1. The molecule has 0 radical (unpaired) electrons. The van der Waals surface area contributed by atoms with Crippen molar-refractivity contribution < 1.29 is 12.8 Å². The Balaban J connectivity index is 2.22. The molecule has 0 unspecified atom stereocenters. The monoisotopic (exact) mass is 280 g/mol. The van der Waals surface area contributed by atoms with Gasteiger partial charge >= 0.3 is 0 Å². The van der Waals surface area contributed by atoms with Gasteiger partial charge in [0, 0.05) is 13.2 Å². The second-order valence-electron chi connectivity index (χ2n) is 4.04. The second-order valence-corrected chi connectivity index (χ2v) is 6.08. The summed E-state index contributed by atoms with van der Waals surface area (Å²) in [5.41, 5.74) is 0.649. The van der Waals surface area contributed by atoms with E-state index in [-0.39, 0.29) is 11.4 Å². The highest BCUT2D eigenvalue weighted by Gasteiger charge is 2.21. The maximum atomic E-state index is 12.8. The Morgan fingerprint density at radius 1 is 1.16 bits per heavy atom. The predicted octanol–water partition coefficient (Wildman–Crippen LogP) is 2.04. The standard InChI is InChI=1S/C13H13FN2O2S/c1-16(10-12-4-2-3-9-15-12)19(17,18)13-7-5-11(14)6-8-13/h2-9H,10H2,1H3. The van der Waals surface area contributed by atoms with Crippen LogP contribution in [-0.2, 0) is 16.6 Å². The lowest BCUT2D eigenvalue weighted by Gasteiger charge is -2.16. The molecule has 2 rings (SSSR count). The number of sulfonamides is 1. The van der Waals surface area contributed by atoms with Crippen molar-refractivity contribution in [3.63, 3.8) is 0 Å². The molecule has 0 saturated carbocycles. The highest BCUT2D eigenvalue weighted by atomic mass is 32.2. The molecule has 0 saturated heterocycles. The van der Waals surface area contributed by atoms with Crippen LogP contribution in [-0.4, -0.2) is 24.8 Å². The Hall–Kier alpha value is -1.79. The number of nitrogens with zero attached hydrogens (tertiary/aromatic N) is 2. The molecule has 0 amide bonds. The molecule has 1 aromatic carbocycles. The van der Waals surface area contributed by atoms with Gasteiger partial charge in [-0.05, 0) is 36.4 Å². The van der Waals surface area contributed by atoms with Crippen LogP contribution in [0.15, 0.2) is 53.6 Å². The first-order valence-corrected chi connectivity index (χ1v) is 7.06. The summed E-state index contributed by atoms with van der Waals surface area (Å²) in [6.45, 7) is 0.167. The van der Waals surface area contributed by atoms with Crippen LogP contribution in [0.3, 0.4) is 0 Å². The fraction of sp³-hybridized carbons (Fsp3) is 0.154. The average molecular weight is 280 g/mol. The molecule has 19 heavy (non-hydrogen) atoms. The number of aromatic nitrogens is 1. The lowest BCUT2D eigenvalue weighted by atomic mass is 10.3. The minimum Gasteiger partial charge on any atom is -0.260 e. The zero-order chi connectivity index (χ0) is 13.9. The number of pyridine rings is 1. The Bertz CT molecular complexity index is 642. The average Bonchev–Trinajstić information content (AvgIpc) is 2.40. The van der Waals surface area contributed by atoms with Crippen LogP contribution in [0.5, 0.6) is 0 Å². The fourth-order valence-corrected chi connectivity index (χ4v) is 2.73. The van der Waals surface area contributed by atoms with Crippen LogP contribution in [0.25, 0.3) is 0 Å². The topological polar surface area (TPSA) is 50.3 Å². The maximum Gasteiger partial charge on any atom is 0.243 e. The van der Waals surface area contributed by atoms with Gasteiger partial charge in [0.2, 0.25) is 10.0 Å². The quantitative estimate of drug-likeness (QED) is 0.861. The molecule has 0 bridgehead atoms. The normalized spacial score (nSPS) is 11.7. The first-order chi connectivity index (χ1) is 9.00. The van der Waals surface area contributed by atoms with Crippen molar-refractivity contribution in [2.75, 3.05) is 7.05 Å². The molecule has 1 heterocycles. The first-order valence-electron chi connectivity index (χ1n) is 5.62. The van der Waals surface area contributed by atoms with Gasteiger partial charge in [-0.3, -0.25) is 4.98 Å². The van der Waals surface area contributed by atoms with Crippen LogP contribution in [0.1, 0.15) is 5.69 Å². The molecular weight excluding hydrogens is 267 g/mol. The summed E-state index contributed by atoms with van der Waals surface area (Å²) in [6, 6.07) is 10.1. The Morgan fingerprint density at radius 2 is 1.84 bits per heavy atom. The molecule has 0 aliphatic carbocycles. The van der Waals surface area contributed by atoms with E-state index in [9.17, 15) is 12.8 Å². The maximum absolute atomic E-state index is 12.8. The van der Waals surface area contributed by atoms with Crippen molar-refractivity contribution >= 4 is 10.0 Å². The molecule has 0 fully saturated rings. The van der Waals surface area contributed by atoms with Gasteiger partial charge in [0.15, 0.2) is 0 Å². The van der Waals surface area contributed by atoms with Crippen molar-refractivity contribution in [2.24, 2.45) is 0 Å². The van der Waals surface area contributed by atoms with Crippen molar-refractivity contribution in [2.45, 2.75) is 11.4 Å². The highest BCUT2D eigenvalue weighted by Crippen LogP contribution is 2.16. The van der Waals surface area contributed by atoms with Crippen molar-refractivity contribution in [1.82, 2.24) is 9.29 Å². The van der Waals surface area contributed by atoms with Gasteiger partial charge < -0.3 is 0 Å². The summed E-state index contributed by atoms with van der Waals surface area (Å²) in [5, 5.41) is 0. The summed E-state index contributed by atoms with van der Waals surface area (Å²) in [4.78, 5) is 4.14. The first kappa shape index (κ1) is 13.6. The van der Waals surface area contributed by atoms with Gasteiger partial charge in [-0.25, -0.2) is 12.8 Å². The molecule has 2 aromatic rings. The smallest absolute Gasteiger partial charge is 0.243 e. The van der Waals surface area contributed by atoms with Crippen LogP contribution in [0.4, 0.5) is 4.39 Å². The van der Waals surface area contributed by atoms with E-state index in [1.54, 1.807) is 24.4 Å². The summed E-state index contributed by atoms with van der Waals surface area (Å²) < 4.78 is 38.4. The van der Waals surface area contributed by atoms with Crippen molar-refractivity contribution in [3.05, 3.63) is 60.2 Å². The zero-order valence-corrected chi connectivity index (χ0v) is 11.1. The van der Waals surface area contributed by atoms with Crippen LogP contribution < -0.4 is 0 Å². The van der Waals surface area contributed by atoms with Crippen molar-refractivity contribution in [1.29, 1.82) is 0 Å². The van der Waals surface area contributed by atoms with E-state index >= 15 is 0 Å². The Morgan fingerprint density at radius 3 is 2.42 bits per heavy atom. The molecule has 1 aromatic heterocycles. The molecule has 0 atom stereocenters. The third-order valence-electron chi connectivity index (χ3n) is 2.63. The number of hydrogen-bond donors (Lipinski definition) is 0. The summed E-state index contributed by atoms with van der Waals surface area (Å²) in [6.07, 6.45) is 1.60. The van der Waals surface area contributed by atoms with Gasteiger partial charge in [0.1, 0.15) is 5.82 Å².